The van der Waals surface area contributed by atoms with Gasteiger partial charge in [-0.1, -0.05) is 0 Å². The number of hydrogen-bond donors (Lipinski definition) is 2. The van der Waals surface area contributed by atoms with Crippen LogP contribution in [0.1, 0.15) is 38.5 Å². The molecule has 4 aliphatic heterocycles. The number of hydrogen-bond acceptors (Lipinski definition) is 8. The molecule has 0 aromatic rings. The van der Waals surface area contributed by atoms with Crippen molar-refractivity contribution in [3.63, 3.8) is 0 Å². The van der Waals surface area contributed by atoms with Gasteiger partial charge in [-0.2, -0.15) is 0 Å². The van der Waals surface area contributed by atoms with E-state index < -0.39 is 24.4 Å². The summed E-state index contributed by atoms with van der Waals surface area (Å²) in [5, 5.41) is 6.43. The van der Waals surface area contributed by atoms with Crippen LogP contribution in [0.4, 0.5) is 0 Å². The van der Waals surface area contributed by atoms with Gasteiger partial charge in [-0.3, -0.25) is 10.6 Å². The van der Waals surface area contributed by atoms with Gasteiger partial charge >= 0.3 is 11.9 Å². The number of carbonyl (C=O) groups is 2. The second-order valence-corrected chi connectivity index (χ2v) is 7.93. The van der Waals surface area contributed by atoms with Crippen molar-refractivity contribution in [1.82, 2.24) is 10.6 Å². The van der Waals surface area contributed by atoms with E-state index in [0.717, 1.165) is 51.6 Å². The normalized spacial score (nSPS) is 32.6. The Morgan fingerprint density at radius 1 is 0.692 bits per heavy atom. The molecule has 26 heavy (non-hydrogen) atoms. The van der Waals surface area contributed by atoms with Gasteiger partial charge in [0.25, 0.3) is 0 Å². The zero-order valence-corrected chi connectivity index (χ0v) is 15.1. The van der Waals surface area contributed by atoms with Crippen LogP contribution in [0.2, 0.25) is 0 Å². The molecule has 0 aromatic heterocycles. The lowest BCUT2D eigenvalue weighted by Gasteiger charge is -2.38. The molecule has 0 aliphatic carbocycles. The van der Waals surface area contributed by atoms with Gasteiger partial charge in [0.1, 0.15) is 0 Å². The minimum atomic E-state index is -0.911. The van der Waals surface area contributed by atoms with Crippen LogP contribution in [0.5, 0.6) is 0 Å². The number of rotatable bonds is 2. The van der Waals surface area contributed by atoms with E-state index in [9.17, 15) is 9.59 Å². The second-order valence-electron chi connectivity index (χ2n) is 7.93. The molecule has 4 heterocycles. The van der Waals surface area contributed by atoms with Crippen molar-refractivity contribution in [2.75, 3.05) is 39.5 Å². The van der Waals surface area contributed by atoms with Crippen LogP contribution in [0.3, 0.4) is 0 Å². The van der Waals surface area contributed by atoms with Gasteiger partial charge in [-0.25, -0.2) is 9.59 Å². The van der Waals surface area contributed by atoms with Crippen molar-refractivity contribution in [1.29, 1.82) is 0 Å². The van der Waals surface area contributed by atoms with Crippen molar-refractivity contribution in [3.8, 4) is 0 Å². The zero-order valence-electron chi connectivity index (χ0n) is 15.1. The van der Waals surface area contributed by atoms with Crippen LogP contribution < -0.4 is 10.6 Å². The summed E-state index contributed by atoms with van der Waals surface area (Å²) in [5.74, 6) is -1.82. The fourth-order valence-electron chi connectivity index (χ4n) is 4.82. The quantitative estimate of drug-likeness (QED) is 0.531. The Hall–Kier alpha value is -1.22. The summed E-state index contributed by atoms with van der Waals surface area (Å²) in [6.07, 6.45) is 4.30. The molecule has 2 unspecified atom stereocenters. The molecule has 8 heteroatoms. The highest BCUT2D eigenvalue weighted by Gasteiger charge is 2.49. The maximum absolute atomic E-state index is 12.4. The van der Waals surface area contributed by atoms with Crippen molar-refractivity contribution in [2.45, 2.75) is 51.0 Å². The lowest BCUT2D eigenvalue weighted by molar-refractivity contribution is -0.185. The van der Waals surface area contributed by atoms with E-state index in [1.165, 1.54) is 0 Å². The standard InChI is InChI=1S/C18H28N2O6/c21-13(25-15-17(1-7-19-15)3-9-23-10-4-17)14(22)26-16-18(2-8-20-16)5-11-24-12-6-18/h15-16,19-20H,1-12H2. The largest absolute Gasteiger partial charge is 0.438 e. The highest BCUT2D eigenvalue weighted by atomic mass is 16.6. The summed E-state index contributed by atoms with van der Waals surface area (Å²) >= 11 is 0. The van der Waals surface area contributed by atoms with Gasteiger partial charge in [0.15, 0.2) is 12.5 Å². The monoisotopic (exact) mass is 368 g/mol. The molecule has 2 spiro atoms. The molecular formula is C18H28N2O6. The lowest BCUT2D eigenvalue weighted by Crippen LogP contribution is -2.47. The summed E-state index contributed by atoms with van der Waals surface area (Å²) in [7, 11) is 0. The highest BCUT2D eigenvalue weighted by Crippen LogP contribution is 2.42. The van der Waals surface area contributed by atoms with E-state index in [4.69, 9.17) is 18.9 Å². The third-order valence-electron chi connectivity index (χ3n) is 6.61. The molecule has 146 valence electrons. The molecule has 0 aromatic carbocycles. The number of ether oxygens (including phenoxy) is 4. The Bertz CT molecular complexity index is 494. The zero-order chi connectivity index (χ0) is 18.0. The molecule has 0 bridgehead atoms. The second kappa shape index (κ2) is 7.42. The van der Waals surface area contributed by atoms with Crippen LogP contribution in [0.15, 0.2) is 0 Å². The Balaban J connectivity index is 1.35. The summed E-state index contributed by atoms with van der Waals surface area (Å²) in [4.78, 5) is 24.7. The highest BCUT2D eigenvalue weighted by molar-refractivity contribution is 6.29. The first-order valence-electron chi connectivity index (χ1n) is 9.68. The molecule has 8 nitrogen and oxygen atoms in total. The SMILES string of the molecule is O=C(OC1NCCC12CCOCC2)C(=O)OC1NCCC12CCOCC2. The van der Waals surface area contributed by atoms with E-state index in [1.807, 2.05) is 0 Å². The Morgan fingerprint density at radius 3 is 1.46 bits per heavy atom. The number of carbonyl (C=O) groups excluding carboxylic acids is 2. The van der Waals surface area contributed by atoms with Crippen LogP contribution in [0, 0.1) is 10.8 Å². The van der Waals surface area contributed by atoms with Gasteiger partial charge in [-0.05, 0) is 51.6 Å². The maximum atomic E-state index is 12.4. The smallest absolute Gasteiger partial charge is 0.419 e. The molecule has 4 rings (SSSR count). The molecule has 2 N–H and O–H groups in total. The minimum Gasteiger partial charge on any atom is -0.438 e. The lowest BCUT2D eigenvalue weighted by atomic mass is 9.78. The molecule has 0 radical (unpaired) electrons. The van der Waals surface area contributed by atoms with Crippen LogP contribution in [-0.4, -0.2) is 63.9 Å². The van der Waals surface area contributed by atoms with E-state index in [-0.39, 0.29) is 10.8 Å². The first kappa shape index (κ1) is 18.2. The number of nitrogens with one attached hydrogen (secondary N) is 2. The molecule has 0 amide bonds. The van der Waals surface area contributed by atoms with E-state index in [2.05, 4.69) is 10.6 Å². The average molecular weight is 368 g/mol. The first-order chi connectivity index (χ1) is 12.6. The summed E-state index contributed by atoms with van der Waals surface area (Å²) in [6.45, 7) is 4.21. The van der Waals surface area contributed by atoms with E-state index in [1.54, 1.807) is 0 Å². The molecular weight excluding hydrogens is 340 g/mol. The van der Waals surface area contributed by atoms with Crippen LogP contribution in [0.25, 0.3) is 0 Å². The maximum Gasteiger partial charge on any atom is 0.419 e. The summed E-state index contributed by atoms with van der Waals surface area (Å²) in [6, 6.07) is 0. The fourth-order valence-corrected chi connectivity index (χ4v) is 4.82. The third kappa shape index (κ3) is 3.35. The van der Waals surface area contributed by atoms with Gasteiger partial charge in [-0.15, -0.1) is 0 Å². The number of esters is 2. The van der Waals surface area contributed by atoms with Crippen molar-refractivity contribution in [3.05, 3.63) is 0 Å². The molecule has 4 saturated heterocycles. The first-order valence-corrected chi connectivity index (χ1v) is 9.68. The predicted molar refractivity (Wildman–Crippen MR) is 90.0 cm³/mol. The van der Waals surface area contributed by atoms with Gasteiger partial charge in [0, 0.05) is 37.3 Å². The van der Waals surface area contributed by atoms with Gasteiger partial charge in [0.05, 0.1) is 0 Å². The van der Waals surface area contributed by atoms with Crippen molar-refractivity contribution in [2.24, 2.45) is 10.8 Å². The topological polar surface area (TPSA) is 95.1 Å². The Morgan fingerprint density at radius 2 is 1.08 bits per heavy atom. The van der Waals surface area contributed by atoms with Crippen LogP contribution in [-0.2, 0) is 28.5 Å². The minimum absolute atomic E-state index is 0.123. The van der Waals surface area contributed by atoms with Gasteiger partial charge < -0.3 is 18.9 Å². The van der Waals surface area contributed by atoms with Crippen molar-refractivity contribution < 1.29 is 28.5 Å². The van der Waals surface area contributed by atoms with Crippen molar-refractivity contribution >= 4 is 11.9 Å². The van der Waals surface area contributed by atoms with E-state index in [0.29, 0.717) is 26.4 Å². The fraction of sp³-hybridized carbons (Fsp3) is 0.889. The third-order valence-corrected chi connectivity index (χ3v) is 6.61. The summed E-state index contributed by atoms with van der Waals surface area (Å²) in [5.41, 5.74) is -0.247. The predicted octanol–water partition coefficient (Wildman–Crippen LogP) is 0.305. The summed E-state index contributed by atoms with van der Waals surface area (Å²) < 4.78 is 21.9. The Kier molecular flexibility index (Phi) is 5.18. The molecule has 2 atom stereocenters. The molecule has 4 aliphatic rings. The molecule has 4 fully saturated rings. The Labute approximate surface area is 153 Å². The van der Waals surface area contributed by atoms with E-state index >= 15 is 0 Å². The average Bonchev–Trinajstić information content (AvgIpc) is 3.21. The van der Waals surface area contributed by atoms with Crippen LogP contribution >= 0.6 is 0 Å². The van der Waals surface area contributed by atoms with Gasteiger partial charge in [0.2, 0.25) is 0 Å². The molecule has 0 saturated carbocycles.